The van der Waals surface area contributed by atoms with Crippen molar-refractivity contribution in [2.45, 2.75) is 17.9 Å². The third-order valence-electron chi connectivity index (χ3n) is 2.12. The van der Waals surface area contributed by atoms with Crippen LogP contribution in [0.15, 0.2) is 29.2 Å². The van der Waals surface area contributed by atoms with E-state index in [4.69, 9.17) is 9.66 Å². The molecule has 1 aromatic rings. The number of carbonyl (C=O) groups is 2. The molecule has 0 radical (unpaired) electrons. The van der Waals surface area contributed by atoms with E-state index < -0.39 is 32.8 Å². The highest BCUT2D eigenvalue weighted by Gasteiger charge is 2.25. The van der Waals surface area contributed by atoms with E-state index in [-0.39, 0.29) is 5.69 Å². The fourth-order valence-electron chi connectivity index (χ4n) is 1.30. The zero-order chi connectivity index (χ0) is 13.9. The Morgan fingerprint density at radius 3 is 2.28 bits per heavy atom. The van der Waals surface area contributed by atoms with Gasteiger partial charge in [0.1, 0.15) is 4.90 Å². The van der Waals surface area contributed by atoms with Gasteiger partial charge < -0.3 is 10.4 Å². The van der Waals surface area contributed by atoms with Crippen LogP contribution in [0.3, 0.4) is 0 Å². The summed E-state index contributed by atoms with van der Waals surface area (Å²) in [7, 11) is -4.50. The summed E-state index contributed by atoms with van der Waals surface area (Å²) in [5, 5.41) is 11.1. The van der Waals surface area contributed by atoms with E-state index in [2.05, 4.69) is 5.32 Å². The van der Waals surface area contributed by atoms with Gasteiger partial charge in [-0.05, 0) is 19.1 Å². The first-order chi connectivity index (χ1) is 8.23. The number of Topliss-reactive ketones (excluding diaryl/α,β-unsaturated/α-hetero) is 1. The summed E-state index contributed by atoms with van der Waals surface area (Å²) in [6, 6.07) is 3.57. The molecule has 0 spiro atoms. The predicted molar refractivity (Wildman–Crippen MR) is 62.0 cm³/mol. The highest BCUT2D eigenvalue weighted by molar-refractivity contribution is 7.86. The van der Waals surface area contributed by atoms with Gasteiger partial charge >= 0.3 is 5.97 Å². The minimum absolute atomic E-state index is 0.150. The number of aliphatic carboxylic acids is 1. The predicted octanol–water partition coefficient (Wildman–Crippen LogP) is 0.387. The maximum Gasteiger partial charge on any atom is 0.333 e. The topological polar surface area (TPSA) is 121 Å². The lowest BCUT2D eigenvalue weighted by Gasteiger charge is -2.14. The van der Waals surface area contributed by atoms with Gasteiger partial charge in [-0.15, -0.1) is 0 Å². The normalized spacial score (nSPS) is 12.8. The molecule has 0 fully saturated rings. The zero-order valence-electron chi connectivity index (χ0n) is 9.32. The molecule has 0 bridgehead atoms. The van der Waals surface area contributed by atoms with Gasteiger partial charge in [0, 0.05) is 0 Å². The molecule has 0 heterocycles. The van der Waals surface area contributed by atoms with Crippen molar-refractivity contribution in [1.82, 2.24) is 0 Å². The maximum absolute atomic E-state index is 11.1. The molecular weight excluding hydrogens is 262 g/mol. The molecule has 1 atom stereocenters. The van der Waals surface area contributed by atoms with E-state index in [1.165, 1.54) is 18.2 Å². The van der Waals surface area contributed by atoms with Crippen LogP contribution in [-0.4, -0.2) is 35.9 Å². The summed E-state index contributed by atoms with van der Waals surface area (Å²) in [4.78, 5) is 21.4. The number of hydrogen-bond donors (Lipinski definition) is 3. The monoisotopic (exact) mass is 273 g/mol. The number of para-hydroxylation sites is 1. The van der Waals surface area contributed by atoms with Crippen molar-refractivity contribution in [3.05, 3.63) is 24.3 Å². The van der Waals surface area contributed by atoms with Gasteiger partial charge in [0.25, 0.3) is 10.1 Å². The Kier molecular flexibility index (Phi) is 4.04. The van der Waals surface area contributed by atoms with Crippen molar-refractivity contribution in [3.8, 4) is 0 Å². The lowest BCUT2D eigenvalue weighted by molar-refractivity contribution is -0.140. The summed E-state index contributed by atoms with van der Waals surface area (Å²) >= 11 is 0. The Hall–Kier alpha value is -1.93. The fourth-order valence-corrected chi connectivity index (χ4v) is 1.96. The standard InChI is InChI=1S/C10H11NO6S/c1-6(12)9(10(13)14)11-7-4-2-3-5-8(7)18(15,16)17/h2-5,9,11H,1H3,(H,13,14)(H,15,16,17). The summed E-state index contributed by atoms with van der Waals surface area (Å²) in [5.74, 6) is -2.12. The molecule has 0 aromatic heterocycles. The second-order valence-corrected chi connectivity index (χ2v) is 4.89. The van der Waals surface area contributed by atoms with E-state index in [1.54, 1.807) is 0 Å². The van der Waals surface area contributed by atoms with Crippen LogP contribution >= 0.6 is 0 Å². The van der Waals surface area contributed by atoms with Crippen molar-refractivity contribution in [2.24, 2.45) is 0 Å². The molecule has 98 valence electrons. The molecule has 1 rings (SSSR count). The molecule has 0 aliphatic carbocycles. The van der Waals surface area contributed by atoms with Crippen LogP contribution in [0.25, 0.3) is 0 Å². The van der Waals surface area contributed by atoms with E-state index in [0.29, 0.717) is 0 Å². The van der Waals surface area contributed by atoms with Crippen LogP contribution in [-0.2, 0) is 19.7 Å². The van der Waals surface area contributed by atoms with Gasteiger partial charge in [0.05, 0.1) is 5.69 Å². The lowest BCUT2D eigenvalue weighted by atomic mass is 10.2. The van der Waals surface area contributed by atoms with Gasteiger partial charge in [-0.1, -0.05) is 12.1 Å². The minimum atomic E-state index is -4.50. The van der Waals surface area contributed by atoms with Crippen molar-refractivity contribution in [3.63, 3.8) is 0 Å². The molecule has 0 aliphatic rings. The maximum atomic E-state index is 11.1. The van der Waals surface area contributed by atoms with E-state index in [1.807, 2.05) is 0 Å². The quantitative estimate of drug-likeness (QED) is 0.524. The average molecular weight is 273 g/mol. The Bertz CT molecular complexity index is 566. The molecule has 8 heteroatoms. The highest BCUT2D eigenvalue weighted by Crippen LogP contribution is 2.21. The Balaban J connectivity index is 3.19. The molecule has 1 unspecified atom stereocenters. The van der Waals surface area contributed by atoms with Gasteiger partial charge in [-0.25, -0.2) is 4.79 Å². The van der Waals surface area contributed by atoms with Crippen molar-refractivity contribution in [2.75, 3.05) is 5.32 Å². The van der Waals surface area contributed by atoms with E-state index in [0.717, 1.165) is 13.0 Å². The average Bonchev–Trinajstić information content (AvgIpc) is 2.24. The number of carboxylic acids is 1. The Morgan fingerprint density at radius 2 is 1.83 bits per heavy atom. The zero-order valence-corrected chi connectivity index (χ0v) is 10.1. The molecule has 18 heavy (non-hydrogen) atoms. The SMILES string of the molecule is CC(=O)C(Nc1ccccc1S(=O)(=O)O)C(=O)O. The van der Waals surface area contributed by atoms with Crippen LogP contribution in [0.2, 0.25) is 0 Å². The highest BCUT2D eigenvalue weighted by atomic mass is 32.2. The number of benzene rings is 1. The third-order valence-corrected chi connectivity index (χ3v) is 3.03. The van der Waals surface area contributed by atoms with Crippen LogP contribution in [0.5, 0.6) is 0 Å². The third kappa shape index (κ3) is 3.28. The van der Waals surface area contributed by atoms with Crippen molar-refractivity contribution < 1.29 is 27.7 Å². The number of carboxylic acid groups (broad SMARTS) is 1. The minimum Gasteiger partial charge on any atom is -0.479 e. The molecule has 0 aliphatic heterocycles. The Morgan fingerprint density at radius 1 is 1.28 bits per heavy atom. The summed E-state index contributed by atoms with van der Waals surface area (Å²) < 4.78 is 31.1. The van der Waals surface area contributed by atoms with Gasteiger partial charge in [-0.2, -0.15) is 8.42 Å². The van der Waals surface area contributed by atoms with E-state index in [9.17, 15) is 18.0 Å². The second-order valence-electron chi connectivity index (χ2n) is 3.50. The van der Waals surface area contributed by atoms with E-state index >= 15 is 0 Å². The molecule has 1 aromatic carbocycles. The van der Waals surface area contributed by atoms with Crippen LogP contribution in [0, 0.1) is 0 Å². The second kappa shape index (κ2) is 5.15. The van der Waals surface area contributed by atoms with Gasteiger partial charge in [0.2, 0.25) is 0 Å². The van der Waals surface area contributed by atoms with Crippen molar-refractivity contribution in [1.29, 1.82) is 0 Å². The number of nitrogens with one attached hydrogen (secondary N) is 1. The van der Waals surface area contributed by atoms with Crippen LogP contribution in [0.1, 0.15) is 6.92 Å². The first kappa shape index (κ1) is 14.1. The molecule has 7 nitrogen and oxygen atoms in total. The fraction of sp³-hybridized carbons (Fsp3) is 0.200. The van der Waals surface area contributed by atoms with Gasteiger partial charge in [-0.3, -0.25) is 9.35 Å². The lowest BCUT2D eigenvalue weighted by Crippen LogP contribution is -2.36. The Labute approximate surface area is 103 Å². The first-order valence-electron chi connectivity index (χ1n) is 4.80. The van der Waals surface area contributed by atoms with Crippen molar-refractivity contribution >= 4 is 27.6 Å². The summed E-state index contributed by atoms with van der Waals surface area (Å²) in [5.41, 5.74) is -0.150. The number of anilines is 1. The number of ketones is 1. The largest absolute Gasteiger partial charge is 0.479 e. The van der Waals surface area contributed by atoms with Gasteiger partial charge in [0.15, 0.2) is 11.8 Å². The molecule has 0 saturated heterocycles. The number of carbonyl (C=O) groups excluding carboxylic acids is 1. The molecule has 3 N–H and O–H groups in total. The summed E-state index contributed by atoms with van der Waals surface area (Å²) in [6.45, 7) is 1.06. The van der Waals surface area contributed by atoms with Crippen LogP contribution in [0.4, 0.5) is 5.69 Å². The number of hydrogen-bond acceptors (Lipinski definition) is 5. The van der Waals surface area contributed by atoms with Crippen LogP contribution < -0.4 is 5.32 Å². The molecule has 0 amide bonds. The summed E-state index contributed by atoms with van der Waals surface area (Å²) in [6.07, 6.45) is 0. The first-order valence-corrected chi connectivity index (χ1v) is 6.24. The smallest absolute Gasteiger partial charge is 0.333 e. The molecule has 0 saturated carbocycles. The number of rotatable bonds is 5. The molecular formula is C10H11NO6S.